The molecule has 0 fully saturated rings. The number of nitro groups is 1. The molecule has 2 aromatic carbocycles. The number of rotatable bonds is 1. The first-order chi connectivity index (χ1) is 8.72. The maximum atomic E-state index is 10.9. The molecule has 0 bridgehead atoms. The van der Waals surface area contributed by atoms with Crippen molar-refractivity contribution in [2.45, 2.75) is 6.42 Å². The zero-order valence-electron chi connectivity index (χ0n) is 9.38. The SMILES string of the molecule is N#Cc1c([N+](=O)[O-])ccc2c1Cc1ccccc1-2. The molecule has 1 aliphatic carbocycles. The third-order valence-corrected chi connectivity index (χ3v) is 3.27. The molecular formula is C14H8N2O2. The first-order valence-electron chi connectivity index (χ1n) is 5.51. The van der Waals surface area contributed by atoms with Gasteiger partial charge in [-0.05, 0) is 28.3 Å². The predicted octanol–water partition coefficient (Wildman–Crippen LogP) is 3.04. The van der Waals surface area contributed by atoms with Crippen molar-refractivity contribution in [2.24, 2.45) is 0 Å². The molecule has 0 spiro atoms. The molecule has 0 saturated heterocycles. The summed E-state index contributed by atoms with van der Waals surface area (Å²) in [4.78, 5) is 10.4. The summed E-state index contributed by atoms with van der Waals surface area (Å²) in [5.41, 5.74) is 3.97. The Hall–Kier alpha value is -2.67. The quantitative estimate of drug-likeness (QED) is 0.481. The zero-order valence-corrected chi connectivity index (χ0v) is 9.38. The highest BCUT2D eigenvalue weighted by molar-refractivity contribution is 5.81. The third kappa shape index (κ3) is 1.31. The summed E-state index contributed by atoms with van der Waals surface area (Å²) in [5.74, 6) is 0. The lowest BCUT2D eigenvalue weighted by molar-refractivity contribution is -0.385. The molecule has 3 rings (SSSR count). The molecule has 2 aromatic rings. The van der Waals surface area contributed by atoms with Gasteiger partial charge in [-0.1, -0.05) is 24.3 Å². The standard InChI is InChI=1S/C14H8N2O2/c15-8-13-12-7-9-3-1-2-4-10(9)11(12)5-6-14(13)16(17)18/h1-6H,7H2. The molecule has 4 nitrogen and oxygen atoms in total. The van der Waals surface area contributed by atoms with Gasteiger partial charge in [-0.15, -0.1) is 0 Å². The van der Waals surface area contributed by atoms with Crippen LogP contribution in [-0.2, 0) is 6.42 Å². The van der Waals surface area contributed by atoms with E-state index in [-0.39, 0.29) is 11.3 Å². The Morgan fingerprint density at radius 2 is 1.94 bits per heavy atom. The lowest BCUT2D eigenvalue weighted by Crippen LogP contribution is -1.96. The van der Waals surface area contributed by atoms with E-state index < -0.39 is 4.92 Å². The Balaban J connectivity index is 2.30. The molecule has 1 aliphatic rings. The average Bonchev–Trinajstić information content (AvgIpc) is 2.75. The van der Waals surface area contributed by atoms with Gasteiger partial charge >= 0.3 is 0 Å². The zero-order chi connectivity index (χ0) is 12.7. The number of nitro benzene ring substituents is 1. The second-order valence-corrected chi connectivity index (χ2v) is 4.19. The molecule has 0 amide bonds. The van der Waals surface area contributed by atoms with Crippen LogP contribution in [0.5, 0.6) is 0 Å². The van der Waals surface area contributed by atoms with Crippen molar-refractivity contribution in [3.8, 4) is 17.2 Å². The Morgan fingerprint density at radius 3 is 2.67 bits per heavy atom. The summed E-state index contributed by atoms with van der Waals surface area (Å²) in [6.07, 6.45) is 0.593. The minimum atomic E-state index is -0.498. The maximum absolute atomic E-state index is 10.9. The summed E-state index contributed by atoms with van der Waals surface area (Å²) in [7, 11) is 0. The monoisotopic (exact) mass is 236 g/mol. The van der Waals surface area contributed by atoms with Crippen molar-refractivity contribution in [1.29, 1.82) is 5.26 Å². The van der Waals surface area contributed by atoms with Gasteiger partial charge in [0.05, 0.1) is 4.92 Å². The van der Waals surface area contributed by atoms with E-state index in [1.54, 1.807) is 6.07 Å². The summed E-state index contributed by atoms with van der Waals surface area (Å²) >= 11 is 0. The highest BCUT2D eigenvalue weighted by Crippen LogP contribution is 2.40. The van der Waals surface area contributed by atoms with Crippen LogP contribution in [0.25, 0.3) is 11.1 Å². The van der Waals surface area contributed by atoms with Crippen LogP contribution in [0.2, 0.25) is 0 Å². The fourth-order valence-electron chi connectivity index (χ4n) is 2.48. The molecule has 0 N–H and O–H groups in total. The summed E-state index contributed by atoms with van der Waals surface area (Å²) in [6, 6.07) is 13.0. The molecular weight excluding hydrogens is 228 g/mol. The normalized spacial score (nSPS) is 11.5. The first kappa shape index (κ1) is 10.5. The van der Waals surface area contributed by atoms with Crippen molar-refractivity contribution in [2.75, 3.05) is 0 Å². The minimum Gasteiger partial charge on any atom is -0.258 e. The van der Waals surface area contributed by atoms with Gasteiger partial charge in [0.25, 0.3) is 5.69 Å². The van der Waals surface area contributed by atoms with Crippen LogP contribution in [0.1, 0.15) is 16.7 Å². The number of fused-ring (bicyclic) bond motifs is 3. The summed E-state index contributed by atoms with van der Waals surface area (Å²) in [6.45, 7) is 0. The van der Waals surface area contributed by atoms with Crippen LogP contribution >= 0.6 is 0 Å². The van der Waals surface area contributed by atoms with Crippen molar-refractivity contribution in [3.05, 3.63) is 63.2 Å². The second-order valence-electron chi connectivity index (χ2n) is 4.19. The van der Waals surface area contributed by atoms with Crippen molar-refractivity contribution in [1.82, 2.24) is 0 Å². The van der Waals surface area contributed by atoms with E-state index in [2.05, 4.69) is 0 Å². The second kappa shape index (κ2) is 3.67. The Kier molecular flexibility index (Phi) is 2.14. The Morgan fingerprint density at radius 1 is 1.17 bits per heavy atom. The van der Waals surface area contributed by atoms with Crippen LogP contribution in [0, 0.1) is 21.4 Å². The molecule has 18 heavy (non-hydrogen) atoms. The number of nitriles is 1. The van der Waals surface area contributed by atoms with E-state index in [4.69, 9.17) is 5.26 Å². The van der Waals surface area contributed by atoms with Crippen molar-refractivity contribution < 1.29 is 4.92 Å². The molecule has 86 valence electrons. The molecule has 4 heteroatoms. The molecule has 0 atom stereocenters. The van der Waals surface area contributed by atoms with Gasteiger partial charge < -0.3 is 0 Å². The van der Waals surface area contributed by atoms with Gasteiger partial charge in [0.15, 0.2) is 0 Å². The number of hydrogen-bond donors (Lipinski definition) is 0. The molecule has 0 aliphatic heterocycles. The largest absolute Gasteiger partial charge is 0.287 e. The van der Waals surface area contributed by atoms with Crippen molar-refractivity contribution in [3.63, 3.8) is 0 Å². The molecule has 0 aromatic heterocycles. The number of benzene rings is 2. The smallest absolute Gasteiger partial charge is 0.258 e. The molecule has 0 radical (unpaired) electrons. The van der Waals surface area contributed by atoms with Crippen LogP contribution in [0.15, 0.2) is 36.4 Å². The average molecular weight is 236 g/mol. The fourth-order valence-corrected chi connectivity index (χ4v) is 2.48. The van der Waals surface area contributed by atoms with Gasteiger partial charge in [-0.25, -0.2) is 0 Å². The lowest BCUT2D eigenvalue weighted by atomic mass is 10.0. The minimum absolute atomic E-state index is 0.107. The van der Waals surface area contributed by atoms with E-state index in [1.807, 2.05) is 30.3 Å². The van der Waals surface area contributed by atoms with Gasteiger partial charge in [-0.2, -0.15) is 5.26 Å². The van der Waals surface area contributed by atoms with Gasteiger partial charge in [0.1, 0.15) is 11.6 Å². The topological polar surface area (TPSA) is 66.9 Å². The number of hydrogen-bond acceptors (Lipinski definition) is 3. The van der Waals surface area contributed by atoms with E-state index in [1.165, 1.54) is 6.07 Å². The Labute approximate surface area is 103 Å². The molecule has 0 heterocycles. The number of nitrogens with zero attached hydrogens (tertiary/aromatic N) is 2. The van der Waals surface area contributed by atoms with Crippen LogP contribution < -0.4 is 0 Å². The van der Waals surface area contributed by atoms with Crippen LogP contribution in [-0.4, -0.2) is 4.92 Å². The highest BCUT2D eigenvalue weighted by Gasteiger charge is 2.26. The van der Waals surface area contributed by atoms with Gasteiger partial charge in [0, 0.05) is 12.5 Å². The predicted molar refractivity (Wildman–Crippen MR) is 66.1 cm³/mol. The van der Waals surface area contributed by atoms with E-state index in [0.29, 0.717) is 6.42 Å². The summed E-state index contributed by atoms with van der Waals surface area (Å²) < 4.78 is 0. The van der Waals surface area contributed by atoms with Gasteiger partial charge in [0.2, 0.25) is 0 Å². The van der Waals surface area contributed by atoms with E-state index >= 15 is 0 Å². The Bertz CT molecular complexity index is 714. The third-order valence-electron chi connectivity index (χ3n) is 3.27. The van der Waals surface area contributed by atoms with Crippen molar-refractivity contribution >= 4 is 5.69 Å². The van der Waals surface area contributed by atoms with E-state index in [0.717, 1.165) is 22.3 Å². The molecule has 0 saturated carbocycles. The summed E-state index contributed by atoms with van der Waals surface area (Å²) in [5, 5.41) is 20.1. The van der Waals surface area contributed by atoms with Gasteiger partial charge in [-0.3, -0.25) is 10.1 Å². The van der Waals surface area contributed by atoms with Crippen LogP contribution in [0.3, 0.4) is 0 Å². The maximum Gasteiger partial charge on any atom is 0.287 e. The van der Waals surface area contributed by atoms with Crippen LogP contribution in [0.4, 0.5) is 5.69 Å². The first-order valence-corrected chi connectivity index (χ1v) is 5.51. The lowest BCUT2D eigenvalue weighted by Gasteiger charge is -2.02. The highest BCUT2D eigenvalue weighted by atomic mass is 16.6. The molecule has 0 unspecified atom stereocenters. The fraction of sp³-hybridized carbons (Fsp3) is 0.0714. The van der Waals surface area contributed by atoms with E-state index in [9.17, 15) is 10.1 Å².